The molecule has 4 rings (SSSR count). The quantitative estimate of drug-likeness (QED) is 0.430. The Hall–Kier alpha value is -3.63. The van der Waals surface area contributed by atoms with E-state index in [1.807, 2.05) is 6.07 Å². The molecule has 3 aromatic rings. The number of hydrogen-bond donors (Lipinski definition) is 4. The third kappa shape index (κ3) is 4.82. The van der Waals surface area contributed by atoms with Crippen LogP contribution >= 0.6 is 11.3 Å². The summed E-state index contributed by atoms with van der Waals surface area (Å²) in [5, 5.41) is 27.5. The Kier molecular flexibility index (Phi) is 6.96. The minimum Gasteiger partial charge on any atom is -0.483 e. The first-order chi connectivity index (χ1) is 15.3. The molecule has 13 heteroatoms. The number of carboxylic acid groups (broad SMARTS) is 1. The second-order valence-electron chi connectivity index (χ2n) is 6.90. The molecule has 1 aliphatic rings. The predicted molar refractivity (Wildman–Crippen MR) is 113 cm³/mol. The van der Waals surface area contributed by atoms with Gasteiger partial charge in [-0.25, -0.2) is 18.3 Å². The third-order valence-corrected chi connectivity index (χ3v) is 5.73. The number of nitrogens with zero attached hydrogens (tertiary/aromatic N) is 4. The molecule has 3 aromatic heterocycles. The molecule has 1 amide bonds. The van der Waals surface area contributed by atoms with E-state index in [1.54, 1.807) is 23.6 Å². The molecule has 1 saturated carbocycles. The summed E-state index contributed by atoms with van der Waals surface area (Å²) >= 11 is 1.22. The Bertz CT molecular complexity index is 1160. The number of anilines is 2. The van der Waals surface area contributed by atoms with Gasteiger partial charge in [-0.3, -0.25) is 9.59 Å². The second-order valence-corrected chi connectivity index (χ2v) is 7.82. The van der Waals surface area contributed by atoms with E-state index in [0.717, 1.165) is 0 Å². The fraction of sp³-hybridized carbons (Fsp3) is 0.316. The Morgan fingerprint density at radius 1 is 1.44 bits per heavy atom. The summed E-state index contributed by atoms with van der Waals surface area (Å²) in [6.45, 7) is -0.250. The number of nitrogens with one attached hydrogen (secondary N) is 2. The van der Waals surface area contributed by atoms with E-state index in [4.69, 9.17) is 20.9 Å². The van der Waals surface area contributed by atoms with Crippen LogP contribution in [0.15, 0.2) is 29.8 Å². The molecule has 0 aliphatic heterocycles. The number of rotatable bonds is 4. The predicted octanol–water partition coefficient (Wildman–Crippen LogP) is 2.54. The zero-order valence-electron chi connectivity index (χ0n) is 16.5. The molecule has 0 aromatic carbocycles. The Morgan fingerprint density at radius 2 is 2.19 bits per heavy atom. The van der Waals surface area contributed by atoms with Gasteiger partial charge in [0.05, 0.1) is 29.5 Å². The standard InChI is InChI=1S/C18H17F2N7OS.CH2O2/c19-18(20)6-1-2-12(15(18)22)25-17-23-9-10-3-4-13(27(10)26-17)16(28)24-11-5-7-29-14(11)8-21;2-1-3/h3-5,7,9,12,15H,1-2,6,22H2,(H,24,28)(H,25,26);1H,(H,2,3)/t12-,15-;/m1./s1. The normalized spacial score (nSPS) is 19.3. The number of carbonyl (C=O) groups is 2. The molecule has 0 saturated heterocycles. The average molecular weight is 463 g/mol. The molecule has 2 atom stereocenters. The van der Waals surface area contributed by atoms with Crippen molar-refractivity contribution < 1.29 is 23.5 Å². The molecule has 10 nitrogen and oxygen atoms in total. The van der Waals surface area contributed by atoms with E-state index in [2.05, 4.69) is 20.7 Å². The summed E-state index contributed by atoms with van der Waals surface area (Å²) in [7, 11) is 0. The van der Waals surface area contributed by atoms with E-state index in [9.17, 15) is 13.6 Å². The first-order valence-corrected chi connectivity index (χ1v) is 10.3. The molecule has 0 spiro atoms. The number of nitrogens with two attached hydrogens (primary N) is 1. The van der Waals surface area contributed by atoms with Crippen LogP contribution in [0.5, 0.6) is 0 Å². The SMILES string of the molecule is N#Cc1sccc1NC(=O)c1ccc2cnc(N[C@@H]3CCCC(F)(F)[C@@H]3N)nn12.O=CO. The maximum Gasteiger partial charge on any atom is 0.290 e. The highest BCUT2D eigenvalue weighted by atomic mass is 32.1. The summed E-state index contributed by atoms with van der Waals surface area (Å²) in [4.78, 5) is 25.6. The zero-order valence-corrected chi connectivity index (χ0v) is 17.4. The molecular weight excluding hydrogens is 444 g/mol. The zero-order chi connectivity index (χ0) is 23.3. The Balaban J connectivity index is 0.000000913. The van der Waals surface area contributed by atoms with Crippen LogP contribution in [0.1, 0.15) is 34.6 Å². The highest BCUT2D eigenvalue weighted by Gasteiger charge is 2.44. The maximum absolute atomic E-state index is 13.9. The molecule has 5 N–H and O–H groups in total. The van der Waals surface area contributed by atoms with E-state index in [-0.39, 0.29) is 24.5 Å². The van der Waals surface area contributed by atoms with Gasteiger partial charge in [0.1, 0.15) is 16.6 Å². The van der Waals surface area contributed by atoms with Gasteiger partial charge in [0.15, 0.2) is 0 Å². The van der Waals surface area contributed by atoms with Crippen molar-refractivity contribution in [3.8, 4) is 6.07 Å². The van der Waals surface area contributed by atoms with Gasteiger partial charge >= 0.3 is 0 Å². The molecule has 0 bridgehead atoms. The average Bonchev–Trinajstić information content (AvgIpc) is 3.38. The fourth-order valence-corrected chi connectivity index (χ4v) is 3.99. The van der Waals surface area contributed by atoms with Crippen molar-refractivity contribution in [2.75, 3.05) is 10.6 Å². The number of alkyl halides is 2. The minimum absolute atomic E-state index is 0.106. The summed E-state index contributed by atoms with van der Waals surface area (Å²) in [5.41, 5.74) is 6.91. The number of fused-ring (bicyclic) bond motifs is 1. The van der Waals surface area contributed by atoms with Crippen molar-refractivity contribution in [2.45, 2.75) is 37.3 Å². The number of carbonyl (C=O) groups excluding carboxylic acids is 1. The van der Waals surface area contributed by atoms with E-state index >= 15 is 0 Å². The lowest BCUT2D eigenvalue weighted by molar-refractivity contribution is -0.122. The fourth-order valence-electron chi connectivity index (χ4n) is 3.35. The summed E-state index contributed by atoms with van der Waals surface area (Å²) in [6, 6.07) is 4.88. The van der Waals surface area contributed by atoms with Gasteiger partial charge < -0.3 is 21.5 Å². The first-order valence-electron chi connectivity index (χ1n) is 9.42. The second kappa shape index (κ2) is 9.67. The molecule has 3 heterocycles. The Morgan fingerprint density at radius 3 is 2.91 bits per heavy atom. The van der Waals surface area contributed by atoms with Crippen LogP contribution in [0, 0.1) is 11.3 Å². The van der Waals surface area contributed by atoms with Crippen molar-refractivity contribution in [2.24, 2.45) is 5.73 Å². The molecule has 168 valence electrons. The van der Waals surface area contributed by atoms with Gasteiger partial charge in [0.2, 0.25) is 5.95 Å². The van der Waals surface area contributed by atoms with Crippen LogP contribution in [0.3, 0.4) is 0 Å². The largest absolute Gasteiger partial charge is 0.483 e. The number of amides is 1. The van der Waals surface area contributed by atoms with Crippen molar-refractivity contribution in [3.05, 3.63) is 40.3 Å². The van der Waals surface area contributed by atoms with Crippen molar-refractivity contribution in [1.29, 1.82) is 5.26 Å². The topological polar surface area (TPSA) is 158 Å². The summed E-state index contributed by atoms with van der Waals surface area (Å²) in [6.07, 6.45) is 2.08. The first kappa shape index (κ1) is 23.0. The van der Waals surface area contributed by atoms with Gasteiger partial charge in [-0.1, -0.05) is 0 Å². The van der Waals surface area contributed by atoms with Crippen LogP contribution in [-0.4, -0.2) is 50.1 Å². The molecule has 0 radical (unpaired) electrons. The number of hydrogen-bond acceptors (Lipinski definition) is 8. The maximum atomic E-state index is 13.9. The van der Waals surface area contributed by atoms with Crippen molar-refractivity contribution >= 4 is 40.9 Å². The van der Waals surface area contributed by atoms with E-state index in [1.165, 1.54) is 22.0 Å². The highest BCUT2D eigenvalue weighted by molar-refractivity contribution is 7.11. The highest BCUT2D eigenvalue weighted by Crippen LogP contribution is 2.33. The number of nitriles is 1. The van der Waals surface area contributed by atoms with Gasteiger partial charge in [-0.05, 0) is 36.4 Å². The minimum atomic E-state index is -2.95. The molecule has 1 fully saturated rings. The lowest BCUT2D eigenvalue weighted by Crippen LogP contribution is -2.55. The van der Waals surface area contributed by atoms with Crippen LogP contribution in [0.2, 0.25) is 0 Å². The number of thiophene rings is 1. The summed E-state index contributed by atoms with van der Waals surface area (Å²) in [5.74, 6) is -3.29. The van der Waals surface area contributed by atoms with Gasteiger partial charge in [0.25, 0.3) is 18.3 Å². The smallest absolute Gasteiger partial charge is 0.290 e. The third-order valence-electron chi connectivity index (χ3n) is 4.91. The lowest BCUT2D eigenvalue weighted by atomic mass is 9.87. The van der Waals surface area contributed by atoms with Gasteiger partial charge in [0, 0.05) is 6.42 Å². The summed E-state index contributed by atoms with van der Waals surface area (Å²) < 4.78 is 29.1. The van der Waals surface area contributed by atoms with Crippen LogP contribution < -0.4 is 16.4 Å². The van der Waals surface area contributed by atoms with Gasteiger partial charge in [-0.2, -0.15) is 5.26 Å². The van der Waals surface area contributed by atoms with Crippen molar-refractivity contribution in [3.63, 3.8) is 0 Å². The van der Waals surface area contributed by atoms with Crippen LogP contribution in [-0.2, 0) is 4.79 Å². The number of halogens is 2. The Labute approximate surface area is 184 Å². The number of aromatic nitrogens is 3. The van der Waals surface area contributed by atoms with Gasteiger partial charge in [-0.15, -0.1) is 16.4 Å². The lowest BCUT2D eigenvalue weighted by Gasteiger charge is -2.35. The molecular formula is C19H19F2N7O3S. The van der Waals surface area contributed by atoms with E-state index < -0.39 is 23.9 Å². The molecule has 32 heavy (non-hydrogen) atoms. The van der Waals surface area contributed by atoms with Crippen LogP contribution in [0.4, 0.5) is 20.4 Å². The molecule has 0 unspecified atom stereocenters. The van der Waals surface area contributed by atoms with Crippen LogP contribution in [0.25, 0.3) is 5.52 Å². The monoisotopic (exact) mass is 463 g/mol. The van der Waals surface area contributed by atoms with E-state index in [0.29, 0.717) is 28.9 Å². The van der Waals surface area contributed by atoms with Crippen molar-refractivity contribution in [1.82, 2.24) is 14.6 Å². The molecule has 1 aliphatic carbocycles.